The summed E-state index contributed by atoms with van der Waals surface area (Å²) in [5, 5.41) is 3.78. The molecule has 21 heavy (non-hydrogen) atoms. The Balaban J connectivity index is 0.00000220. The highest BCUT2D eigenvalue weighted by atomic mass is 35.5. The Hall–Kier alpha value is -0.770. The summed E-state index contributed by atoms with van der Waals surface area (Å²) < 4.78 is 0. The van der Waals surface area contributed by atoms with Gasteiger partial charge in [0.2, 0.25) is 5.91 Å². The molecule has 0 aromatic heterocycles. The van der Waals surface area contributed by atoms with Crippen LogP contribution in [0.25, 0.3) is 0 Å². The molecule has 0 unspecified atom stereocenters. The summed E-state index contributed by atoms with van der Waals surface area (Å²) in [4.78, 5) is 12.0. The van der Waals surface area contributed by atoms with Crippen LogP contribution < -0.4 is 11.1 Å². The Morgan fingerprint density at radius 3 is 2.24 bits per heavy atom. The van der Waals surface area contributed by atoms with Gasteiger partial charge in [0.15, 0.2) is 0 Å². The summed E-state index contributed by atoms with van der Waals surface area (Å²) >= 11 is 5.96. The predicted molar refractivity (Wildman–Crippen MR) is 90.1 cm³/mol. The van der Waals surface area contributed by atoms with Gasteiger partial charge in [-0.3, -0.25) is 4.79 Å². The lowest BCUT2D eigenvalue weighted by atomic mass is 9.75. The highest BCUT2D eigenvalue weighted by Crippen LogP contribution is 2.34. The summed E-state index contributed by atoms with van der Waals surface area (Å²) in [5.41, 5.74) is 6.49. The molecule has 1 aliphatic rings. The highest BCUT2D eigenvalue weighted by Gasteiger charge is 2.46. The first kappa shape index (κ1) is 18.3. The van der Waals surface area contributed by atoms with Gasteiger partial charge in [0.05, 0.1) is 5.54 Å². The van der Waals surface area contributed by atoms with E-state index in [0.29, 0.717) is 6.54 Å². The van der Waals surface area contributed by atoms with Crippen molar-refractivity contribution in [3.05, 3.63) is 34.9 Å². The van der Waals surface area contributed by atoms with Gasteiger partial charge in [-0.05, 0) is 43.4 Å². The minimum Gasteiger partial charge on any atom is -0.354 e. The number of rotatable bonds is 6. The molecule has 3 nitrogen and oxygen atoms in total. The van der Waals surface area contributed by atoms with E-state index in [-0.39, 0.29) is 23.7 Å². The van der Waals surface area contributed by atoms with Gasteiger partial charge in [0.1, 0.15) is 0 Å². The van der Waals surface area contributed by atoms with E-state index in [1.165, 1.54) is 5.56 Å². The Kier molecular flexibility index (Phi) is 6.09. The summed E-state index contributed by atoms with van der Waals surface area (Å²) in [7, 11) is 0. The lowest BCUT2D eigenvalue weighted by Crippen LogP contribution is -2.48. The molecular formula is C16H24Cl2N2O. The van der Waals surface area contributed by atoms with E-state index in [1.54, 1.807) is 0 Å². The molecule has 0 heterocycles. The number of carbonyl (C=O) groups excluding carboxylic acids is 1. The monoisotopic (exact) mass is 330 g/mol. The number of nitrogens with one attached hydrogen (secondary N) is 1. The zero-order valence-electron chi connectivity index (χ0n) is 12.6. The molecule has 1 amide bonds. The Morgan fingerprint density at radius 2 is 1.81 bits per heavy atom. The smallest absolute Gasteiger partial charge is 0.240 e. The lowest BCUT2D eigenvalue weighted by molar-refractivity contribution is -0.123. The normalized spacial score (nSPS) is 16.0. The number of hydrogen-bond acceptors (Lipinski definition) is 2. The quantitative estimate of drug-likeness (QED) is 0.839. The second kappa shape index (κ2) is 6.99. The number of nitrogens with two attached hydrogens (primary N) is 1. The molecule has 0 radical (unpaired) electrons. The van der Waals surface area contributed by atoms with E-state index in [1.807, 2.05) is 12.1 Å². The lowest BCUT2D eigenvalue weighted by Gasteiger charge is -2.33. The molecular weight excluding hydrogens is 307 g/mol. The van der Waals surface area contributed by atoms with E-state index < -0.39 is 5.54 Å². The van der Waals surface area contributed by atoms with E-state index >= 15 is 0 Å². The molecule has 118 valence electrons. The highest BCUT2D eigenvalue weighted by molar-refractivity contribution is 6.30. The first-order valence-corrected chi connectivity index (χ1v) is 7.67. The van der Waals surface area contributed by atoms with Crippen molar-refractivity contribution in [1.82, 2.24) is 5.32 Å². The van der Waals surface area contributed by atoms with Gasteiger partial charge in [-0.2, -0.15) is 0 Å². The van der Waals surface area contributed by atoms with Gasteiger partial charge in [-0.1, -0.05) is 37.6 Å². The molecule has 5 heteroatoms. The van der Waals surface area contributed by atoms with Crippen LogP contribution in [0.15, 0.2) is 24.3 Å². The minimum absolute atomic E-state index is 0. The first-order chi connectivity index (χ1) is 9.46. The number of carbonyl (C=O) groups is 1. The summed E-state index contributed by atoms with van der Waals surface area (Å²) in [5.74, 6) is -0.0160. The van der Waals surface area contributed by atoms with Crippen LogP contribution >= 0.6 is 24.0 Å². The maximum absolute atomic E-state index is 12.0. The third-order valence-electron chi connectivity index (χ3n) is 4.64. The van der Waals surface area contributed by atoms with Crippen LogP contribution in [0.5, 0.6) is 0 Å². The average molecular weight is 331 g/mol. The summed E-state index contributed by atoms with van der Waals surface area (Å²) in [6.45, 7) is 4.93. The van der Waals surface area contributed by atoms with Crippen molar-refractivity contribution in [3.8, 4) is 0 Å². The van der Waals surface area contributed by atoms with Gasteiger partial charge < -0.3 is 11.1 Å². The fourth-order valence-corrected chi connectivity index (χ4v) is 2.73. The Bertz CT molecular complexity index is 480. The minimum atomic E-state index is -0.604. The van der Waals surface area contributed by atoms with E-state index in [4.69, 9.17) is 17.3 Å². The molecule has 0 atom stereocenters. The van der Waals surface area contributed by atoms with Crippen LogP contribution in [0.1, 0.15) is 45.1 Å². The molecule has 1 fully saturated rings. The van der Waals surface area contributed by atoms with Crippen LogP contribution in [-0.2, 0) is 10.2 Å². The van der Waals surface area contributed by atoms with Crippen molar-refractivity contribution in [2.75, 3.05) is 6.54 Å². The zero-order chi connectivity index (χ0) is 14.8. The molecule has 1 aromatic rings. The molecule has 0 bridgehead atoms. The first-order valence-electron chi connectivity index (χ1n) is 7.29. The molecule has 0 aliphatic heterocycles. The molecule has 0 saturated heterocycles. The van der Waals surface area contributed by atoms with Crippen molar-refractivity contribution in [1.29, 1.82) is 0 Å². The summed E-state index contributed by atoms with van der Waals surface area (Å²) in [6, 6.07) is 7.92. The fourth-order valence-electron chi connectivity index (χ4n) is 2.60. The zero-order valence-corrected chi connectivity index (χ0v) is 14.2. The summed E-state index contributed by atoms with van der Waals surface area (Å²) in [6.07, 6.45) is 3.52. The van der Waals surface area contributed by atoms with Crippen LogP contribution in [-0.4, -0.2) is 18.0 Å². The molecule has 1 aliphatic carbocycles. The number of benzene rings is 1. The van der Waals surface area contributed by atoms with Gasteiger partial charge in [0, 0.05) is 17.0 Å². The second-order valence-corrected chi connectivity index (χ2v) is 6.27. The molecule has 1 saturated carbocycles. The van der Waals surface area contributed by atoms with Crippen molar-refractivity contribution in [2.45, 2.75) is 50.5 Å². The van der Waals surface area contributed by atoms with Crippen LogP contribution in [0.4, 0.5) is 0 Å². The third-order valence-corrected chi connectivity index (χ3v) is 4.89. The number of hydrogen-bond donors (Lipinski definition) is 2. The average Bonchev–Trinajstić information content (AvgIpc) is 3.21. The molecule has 1 aromatic carbocycles. The van der Waals surface area contributed by atoms with Crippen molar-refractivity contribution >= 4 is 29.9 Å². The SMILES string of the molecule is CCC(CC)(CNC(=O)C1(N)CC1)c1ccc(Cl)cc1.Cl. The topological polar surface area (TPSA) is 55.1 Å². The molecule has 2 rings (SSSR count). The van der Waals surface area contributed by atoms with E-state index in [2.05, 4.69) is 31.3 Å². The maximum Gasteiger partial charge on any atom is 0.240 e. The molecule has 3 N–H and O–H groups in total. The number of amides is 1. The Morgan fingerprint density at radius 1 is 1.29 bits per heavy atom. The largest absolute Gasteiger partial charge is 0.354 e. The third kappa shape index (κ3) is 3.91. The van der Waals surface area contributed by atoms with Crippen LogP contribution in [0.3, 0.4) is 0 Å². The van der Waals surface area contributed by atoms with Crippen molar-refractivity contribution in [3.63, 3.8) is 0 Å². The van der Waals surface area contributed by atoms with E-state index in [0.717, 1.165) is 30.7 Å². The van der Waals surface area contributed by atoms with Gasteiger partial charge in [0.25, 0.3) is 0 Å². The fraction of sp³-hybridized carbons (Fsp3) is 0.562. The van der Waals surface area contributed by atoms with Crippen molar-refractivity contribution in [2.24, 2.45) is 5.73 Å². The van der Waals surface area contributed by atoms with Gasteiger partial charge in [-0.15, -0.1) is 12.4 Å². The van der Waals surface area contributed by atoms with E-state index in [9.17, 15) is 4.79 Å². The standard InChI is InChI=1S/C16H23ClN2O.ClH/c1-3-15(4-2,12-5-7-13(17)8-6-12)11-19-14(20)16(18)9-10-16;/h5-8H,3-4,9-11,18H2,1-2H3,(H,19,20);1H. The van der Waals surface area contributed by atoms with Gasteiger partial charge >= 0.3 is 0 Å². The number of halogens is 2. The van der Waals surface area contributed by atoms with Crippen LogP contribution in [0, 0.1) is 0 Å². The molecule has 0 spiro atoms. The van der Waals surface area contributed by atoms with Gasteiger partial charge in [-0.25, -0.2) is 0 Å². The second-order valence-electron chi connectivity index (χ2n) is 5.83. The maximum atomic E-state index is 12.0. The van der Waals surface area contributed by atoms with Crippen LogP contribution in [0.2, 0.25) is 5.02 Å². The van der Waals surface area contributed by atoms with Crippen molar-refractivity contribution < 1.29 is 4.79 Å². The Labute approximate surface area is 138 Å². The predicted octanol–water partition coefficient (Wildman–Crippen LogP) is 3.43.